The fraction of sp³-hybridized carbons (Fsp3) is 0.300. The average Bonchev–Trinajstić information content (AvgIpc) is 3.01. The number of halogens is 3. The summed E-state index contributed by atoms with van der Waals surface area (Å²) in [5, 5.41) is 10.9. The van der Waals surface area contributed by atoms with Gasteiger partial charge in [-0.3, -0.25) is 4.79 Å². The van der Waals surface area contributed by atoms with E-state index in [1.165, 1.54) is 6.07 Å². The molecule has 5 nitrogen and oxygen atoms in total. The first-order valence-corrected chi connectivity index (χ1v) is 9.63. The largest absolute Gasteiger partial charge is 0.508 e. The Morgan fingerprint density at radius 3 is 2.64 bits per heavy atom. The highest BCUT2D eigenvalue weighted by atomic mass is 79.9. The third kappa shape index (κ3) is 5.23. The molecule has 2 N–H and O–H groups in total. The highest BCUT2D eigenvalue weighted by molar-refractivity contribution is 9.10. The van der Waals surface area contributed by atoms with Crippen molar-refractivity contribution >= 4 is 45.0 Å². The molecular formula is C20H21BrClFN2O3. The zero-order valence-corrected chi connectivity index (χ0v) is 18.2. The highest BCUT2D eigenvalue weighted by Crippen LogP contribution is 2.40. The molecule has 1 aromatic carbocycles. The lowest BCUT2D eigenvalue weighted by Crippen LogP contribution is -2.17. The fourth-order valence-corrected chi connectivity index (χ4v) is 3.28. The van der Waals surface area contributed by atoms with Crippen LogP contribution in [0.1, 0.15) is 44.7 Å². The van der Waals surface area contributed by atoms with Crippen molar-refractivity contribution in [3.05, 3.63) is 57.0 Å². The third-order valence-electron chi connectivity index (χ3n) is 3.94. The Bertz CT molecular complexity index is 985. The maximum absolute atomic E-state index is 13.7. The number of nitrogens with zero attached hydrogens (tertiary/aromatic N) is 1. The first kappa shape index (κ1) is 22.2. The monoisotopic (exact) mass is 470 g/mol. The van der Waals surface area contributed by atoms with Crippen LogP contribution in [-0.2, 0) is 9.53 Å². The van der Waals surface area contributed by atoms with Crippen LogP contribution in [0.3, 0.4) is 0 Å². The second kappa shape index (κ2) is 8.92. The molecule has 3 aromatic rings. The van der Waals surface area contributed by atoms with Crippen LogP contribution in [0.2, 0.25) is 5.02 Å². The van der Waals surface area contributed by atoms with Crippen LogP contribution in [0, 0.1) is 5.82 Å². The smallest absolute Gasteiger partial charge is 0.293 e. The summed E-state index contributed by atoms with van der Waals surface area (Å²) >= 11 is 9.41. The van der Waals surface area contributed by atoms with Crippen LogP contribution in [0.5, 0.6) is 5.75 Å². The number of aromatic hydroxyl groups is 1. The lowest BCUT2D eigenvalue weighted by atomic mass is 9.92. The van der Waals surface area contributed by atoms with Crippen LogP contribution in [0.15, 0.2) is 35.1 Å². The molecule has 0 saturated carbocycles. The van der Waals surface area contributed by atoms with Crippen molar-refractivity contribution in [1.82, 2.24) is 9.97 Å². The number of phenols is 1. The van der Waals surface area contributed by atoms with Gasteiger partial charge >= 0.3 is 0 Å². The van der Waals surface area contributed by atoms with E-state index in [0.717, 1.165) is 27.1 Å². The molecule has 150 valence electrons. The number of H-pyrrole nitrogens is 1. The zero-order valence-electron chi connectivity index (χ0n) is 15.9. The first-order chi connectivity index (χ1) is 13.0. The van der Waals surface area contributed by atoms with E-state index in [1.54, 1.807) is 12.4 Å². The molecule has 1 unspecified atom stereocenters. The van der Waals surface area contributed by atoms with Crippen molar-refractivity contribution in [1.29, 1.82) is 0 Å². The number of pyridine rings is 1. The Labute approximate surface area is 176 Å². The minimum atomic E-state index is -0.546. The van der Waals surface area contributed by atoms with E-state index < -0.39 is 5.82 Å². The van der Waals surface area contributed by atoms with Gasteiger partial charge in [-0.05, 0) is 60.5 Å². The second-order valence-corrected chi connectivity index (χ2v) is 8.43. The summed E-state index contributed by atoms with van der Waals surface area (Å²) in [6, 6.07) is 4.40. The Hall–Kier alpha value is -2.12. The molecule has 0 radical (unpaired) electrons. The van der Waals surface area contributed by atoms with Crippen LogP contribution < -0.4 is 0 Å². The van der Waals surface area contributed by atoms with Crippen molar-refractivity contribution < 1.29 is 19.0 Å². The SMILES string of the molecule is CC(C)(C)OC=O.CC(c1c(O)ccc(F)c1Cl)c1c[nH]c2ncc(Br)cc12. The Morgan fingerprint density at radius 1 is 1.39 bits per heavy atom. The summed E-state index contributed by atoms with van der Waals surface area (Å²) in [4.78, 5) is 16.9. The number of carbonyl (C=O) groups is 1. The fourth-order valence-electron chi connectivity index (χ4n) is 2.62. The summed E-state index contributed by atoms with van der Waals surface area (Å²) in [5.74, 6) is -0.847. The predicted molar refractivity (Wildman–Crippen MR) is 111 cm³/mol. The molecule has 0 fully saturated rings. The molecule has 0 saturated heterocycles. The average molecular weight is 472 g/mol. The van der Waals surface area contributed by atoms with E-state index in [-0.39, 0.29) is 22.3 Å². The van der Waals surface area contributed by atoms with Crippen molar-refractivity contribution in [2.45, 2.75) is 39.2 Å². The summed E-state index contributed by atoms with van der Waals surface area (Å²) in [7, 11) is 0. The van der Waals surface area contributed by atoms with Gasteiger partial charge in [0.05, 0.1) is 5.02 Å². The number of rotatable bonds is 3. The molecule has 0 bridgehead atoms. The number of carbonyl (C=O) groups excluding carboxylic acids is 1. The maximum atomic E-state index is 13.7. The molecule has 28 heavy (non-hydrogen) atoms. The van der Waals surface area contributed by atoms with E-state index in [9.17, 15) is 14.3 Å². The van der Waals surface area contributed by atoms with Crippen molar-refractivity contribution in [3.8, 4) is 5.75 Å². The number of hydrogen-bond acceptors (Lipinski definition) is 4. The quantitative estimate of drug-likeness (QED) is 0.464. The molecule has 0 aliphatic heterocycles. The minimum absolute atomic E-state index is 0.0220. The van der Waals surface area contributed by atoms with Crippen LogP contribution in [-0.4, -0.2) is 27.1 Å². The van der Waals surface area contributed by atoms with E-state index in [0.29, 0.717) is 12.0 Å². The molecule has 0 spiro atoms. The topological polar surface area (TPSA) is 75.2 Å². The molecule has 3 rings (SSSR count). The minimum Gasteiger partial charge on any atom is -0.508 e. The molecule has 1 atom stereocenters. The van der Waals surface area contributed by atoms with E-state index >= 15 is 0 Å². The van der Waals surface area contributed by atoms with Gasteiger partial charge in [-0.1, -0.05) is 18.5 Å². The molecule has 0 aliphatic rings. The number of nitrogens with one attached hydrogen (secondary N) is 1. The molecule has 0 aliphatic carbocycles. The summed E-state index contributed by atoms with van der Waals surface area (Å²) in [6.07, 6.45) is 3.50. The van der Waals surface area contributed by atoms with E-state index in [2.05, 4.69) is 30.6 Å². The molecule has 2 heterocycles. The lowest BCUT2D eigenvalue weighted by molar-refractivity contribution is -0.138. The molecular weight excluding hydrogens is 451 g/mol. The number of hydrogen-bond donors (Lipinski definition) is 2. The Kier molecular flexibility index (Phi) is 7.06. The molecule has 2 aromatic heterocycles. The number of benzene rings is 1. The standard InChI is InChI=1S/C15H11BrClFN2O.C5H10O2/c1-7(13-12(21)3-2-11(18)14(13)17)10-6-20-15-9(10)4-8(16)5-19-15;1-5(2,3)7-4-6/h2-7,21H,1H3,(H,19,20);4H,1-3H3. The van der Waals surface area contributed by atoms with Gasteiger partial charge < -0.3 is 14.8 Å². The van der Waals surface area contributed by atoms with Gasteiger partial charge in [0.25, 0.3) is 6.47 Å². The first-order valence-electron chi connectivity index (χ1n) is 8.46. The van der Waals surface area contributed by atoms with Crippen molar-refractivity contribution in [2.75, 3.05) is 0 Å². The van der Waals surface area contributed by atoms with Gasteiger partial charge in [0, 0.05) is 33.7 Å². The van der Waals surface area contributed by atoms with Crippen molar-refractivity contribution in [2.24, 2.45) is 0 Å². The highest BCUT2D eigenvalue weighted by Gasteiger charge is 2.22. The Morgan fingerprint density at radius 2 is 2.07 bits per heavy atom. The normalized spacial score (nSPS) is 12.2. The van der Waals surface area contributed by atoms with Crippen LogP contribution in [0.4, 0.5) is 4.39 Å². The van der Waals surface area contributed by atoms with Crippen LogP contribution >= 0.6 is 27.5 Å². The van der Waals surface area contributed by atoms with Gasteiger partial charge in [-0.2, -0.15) is 0 Å². The number of ether oxygens (including phenoxy) is 1. The van der Waals surface area contributed by atoms with E-state index in [1.807, 2.05) is 33.8 Å². The lowest BCUT2D eigenvalue weighted by Gasteiger charge is -2.15. The summed E-state index contributed by atoms with van der Waals surface area (Å²) in [5.41, 5.74) is 1.67. The predicted octanol–water partition coefficient (Wildman–Crippen LogP) is 5.93. The summed E-state index contributed by atoms with van der Waals surface area (Å²) < 4.78 is 19.1. The van der Waals surface area contributed by atoms with Gasteiger partial charge in [-0.25, -0.2) is 9.37 Å². The number of fused-ring (bicyclic) bond motifs is 1. The molecule has 8 heteroatoms. The van der Waals surface area contributed by atoms with Gasteiger partial charge in [-0.15, -0.1) is 0 Å². The van der Waals surface area contributed by atoms with E-state index in [4.69, 9.17) is 11.6 Å². The molecule has 0 amide bonds. The van der Waals surface area contributed by atoms with Crippen molar-refractivity contribution in [3.63, 3.8) is 0 Å². The number of aromatic amines is 1. The zero-order chi connectivity index (χ0) is 21.1. The van der Waals surface area contributed by atoms with Gasteiger partial charge in [0.1, 0.15) is 22.8 Å². The second-order valence-electron chi connectivity index (χ2n) is 7.14. The Balaban J connectivity index is 0.000000345. The third-order valence-corrected chi connectivity index (χ3v) is 4.76. The number of aromatic nitrogens is 2. The maximum Gasteiger partial charge on any atom is 0.293 e. The van der Waals surface area contributed by atoms with Gasteiger partial charge in [0.2, 0.25) is 0 Å². The van der Waals surface area contributed by atoms with Gasteiger partial charge in [0.15, 0.2) is 0 Å². The van der Waals surface area contributed by atoms with Crippen LogP contribution in [0.25, 0.3) is 11.0 Å². The summed E-state index contributed by atoms with van der Waals surface area (Å²) in [6.45, 7) is 7.79. The number of phenolic OH excluding ortho intramolecular Hbond substituents is 1.